The largest absolute Gasteiger partial charge is 0.355 e. The number of halogens is 1. The van der Waals surface area contributed by atoms with Crippen molar-refractivity contribution in [1.29, 1.82) is 0 Å². The lowest BCUT2D eigenvalue weighted by atomic mass is 9.96. The van der Waals surface area contributed by atoms with Crippen LogP contribution >= 0.6 is 24.2 Å². The summed E-state index contributed by atoms with van der Waals surface area (Å²) in [5.41, 5.74) is 0.769. The predicted octanol–water partition coefficient (Wildman–Crippen LogP) is 3.05. The van der Waals surface area contributed by atoms with E-state index in [0.717, 1.165) is 36.6 Å². The summed E-state index contributed by atoms with van der Waals surface area (Å²) in [5, 5.41) is 9.04. The number of piperidine rings is 1. The van der Waals surface area contributed by atoms with Gasteiger partial charge in [-0.3, -0.25) is 9.59 Å². The van der Waals surface area contributed by atoms with Crippen molar-refractivity contribution in [3.8, 4) is 0 Å². The van der Waals surface area contributed by atoms with Crippen LogP contribution in [0.4, 0.5) is 5.69 Å². The first-order valence-electron chi connectivity index (χ1n) is 8.57. The van der Waals surface area contributed by atoms with E-state index in [1.807, 2.05) is 31.2 Å². The second kappa shape index (κ2) is 11.4. The molecular formula is C18H28ClN3O2S. The zero-order valence-electron chi connectivity index (χ0n) is 14.8. The van der Waals surface area contributed by atoms with Crippen LogP contribution in [0.2, 0.25) is 0 Å². The summed E-state index contributed by atoms with van der Waals surface area (Å²) in [5.74, 6) is 0.675. The molecule has 7 heteroatoms. The molecule has 3 N–H and O–H groups in total. The van der Waals surface area contributed by atoms with E-state index in [9.17, 15) is 9.59 Å². The fourth-order valence-electron chi connectivity index (χ4n) is 2.79. The van der Waals surface area contributed by atoms with Gasteiger partial charge in [0, 0.05) is 24.1 Å². The Morgan fingerprint density at radius 2 is 2.04 bits per heavy atom. The molecule has 0 aromatic heterocycles. The van der Waals surface area contributed by atoms with E-state index in [-0.39, 0.29) is 29.5 Å². The summed E-state index contributed by atoms with van der Waals surface area (Å²) in [6, 6.07) is 7.55. The van der Waals surface area contributed by atoms with Crippen LogP contribution in [0.1, 0.15) is 33.1 Å². The van der Waals surface area contributed by atoms with Gasteiger partial charge in [-0.2, -0.15) is 0 Å². The molecule has 2 amide bonds. The number of carbonyl (C=O) groups excluding carboxylic acids is 2. The standard InChI is InChI=1S/C18H27N3O2S.ClH/c1-13(18(23)20-11-9-15-4-3-10-19-12-15)24-17-7-5-16(6-8-17)21-14(2)22;/h5-8,13,15,19H,3-4,9-12H2,1-2H3,(H,20,23)(H,21,22);1H. The van der Waals surface area contributed by atoms with Crippen LogP contribution in [0, 0.1) is 5.92 Å². The summed E-state index contributed by atoms with van der Waals surface area (Å²) >= 11 is 1.53. The Hall–Kier alpha value is -1.24. The van der Waals surface area contributed by atoms with Crippen molar-refractivity contribution in [1.82, 2.24) is 10.6 Å². The summed E-state index contributed by atoms with van der Waals surface area (Å²) in [6.07, 6.45) is 3.54. The molecule has 0 radical (unpaired) electrons. The highest BCUT2D eigenvalue weighted by Gasteiger charge is 2.16. The molecule has 2 unspecified atom stereocenters. The van der Waals surface area contributed by atoms with Crippen molar-refractivity contribution < 1.29 is 9.59 Å². The summed E-state index contributed by atoms with van der Waals surface area (Å²) in [7, 11) is 0. The Morgan fingerprint density at radius 1 is 1.32 bits per heavy atom. The van der Waals surface area contributed by atoms with Crippen LogP contribution < -0.4 is 16.0 Å². The molecule has 2 rings (SSSR count). The zero-order valence-corrected chi connectivity index (χ0v) is 16.5. The molecule has 5 nitrogen and oxygen atoms in total. The summed E-state index contributed by atoms with van der Waals surface area (Å²) in [4.78, 5) is 24.2. The number of rotatable bonds is 7. The number of amides is 2. The average molecular weight is 386 g/mol. The van der Waals surface area contributed by atoms with Crippen LogP contribution in [0.25, 0.3) is 0 Å². The number of benzene rings is 1. The second-order valence-electron chi connectivity index (χ2n) is 6.26. The third-order valence-corrected chi connectivity index (χ3v) is 5.22. The van der Waals surface area contributed by atoms with E-state index >= 15 is 0 Å². The van der Waals surface area contributed by atoms with E-state index in [1.165, 1.54) is 31.5 Å². The minimum atomic E-state index is -0.138. The molecule has 2 atom stereocenters. The normalized spacial score (nSPS) is 17.9. The molecule has 0 spiro atoms. The molecule has 0 saturated carbocycles. The van der Waals surface area contributed by atoms with Gasteiger partial charge in [-0.1, -0.05) is 0 Å². The van der Waals surface area contributed by atoms with Gasteiger partial charge >= 0.3 is 0 Å². The van der Waals surface area contributed by atoms with Gasteiger partial charge in [0.15, 0.2) is 0 Å². The zero-order chi connectivity index (χ0) is 17.4. The Kier molecular flexibility index (Phi) is 9.93. The SMILES string of the molecule is CC(=O)Nc1ccc(SC(C)C(=O)NCCC2CCCNC2)cc1.Cl. The number of hydrogen-bond acceptors (Lipinski definition) is 4. The van der Waals surface area contributed by atoms with Gasteiger partial charge in [0.25, 0.3) is 0 Å². The van der Waals surface area contributed by atoms with E-state index in [1.54, 1.807) is 0 Å². The highest BCUT2D eigenvalue weighted by molar-refractivity contribution is 8.00. The van der Waals surface area contributed by atoms with Crippen molar-refractivity contribution in [3.05, 3.63) is 24.3 Å². The maximum Gasteiger partial charge on any atom is 0.233 e. The first kappa shape index (κ1) is 21.8. The smallest absolute Gasteiger partial charge is 0.233 e. The monoisotopic (exact) mass is 385 g/mol. The minimum absolute atomic E-state index is 0. The lowest BCUT2D eigenvalue weighted by Crippen LogP contribution is -2.35. The third kappa shape index (κ3) is 8.12. The van der Waals surface area contributed by atoms with Crippen molar-refractivity contribution in [2.45, 2.75) is 43.3 Å². The second-order valence-corrected chi connectivity index (χ2v) is 7.67. The average Bonchev–Trinajstić information content (AvgIpc) is 2.57. The molecule has 1 aromatic carbocycles. The lowest BCUT2D eigenvalue weighted by Gasteiger charge is -2.23. The van der Waals surface area contributed by atoms with Gasteiger partial charge in [-0.25, -0.2) is 0 Å². The fraction of sp³-hybridized carbons (Fsp3) is 0.556. The maximum atomic E-state index is 12.2. The lowest BCUT2D eigenvalue weighted by molar-refractivity contribution is -0.120. The Bertz CT molecular complexity index is 548. The van der Waals surface area contributed by atoms with Gasteiger partial charge in [0.1, 0.15) is 0 Å². The third-order valence-electron chi connectivity index (χ3n) is 4.11. The molecule has 1 saturated heterocycles. The van der Waals surface area contributed by atoms with E-state index in [2.05, 4.69) is 16.0 Å². The molecule has 140 valence electrons. The van der Waals surface area contributed by atoms with Crippen molar-refractivity contribution in [2.75, 3.05) is 25.0 Å². The van der Waals surface area contributed by atoms with Gasteiger partial charge in [-0.05, 0) is 69.5 Å². The first-order chi connectivity index (χ1) is 11.5. The summed E-state index contributed by atoms with van der Waals surface area (Å²) < 4.78 is 0. The topological polar surface area (TPSA) is 70.2 Å². The van der Waals surface area contributed by atoms with Crippen LogP contribution in [0.5, 0.6) is 0 Å². The number of carbonyl (C=O) groups is 2. The van der Waals surface area contributed by atoms with Crippen LogP contribution in [-0.2, 0) is 9.59 Å². The Morgan fingerprint density at radius 3 is 2.64 bits per heavy atom. The quantitative estimate of drug-likeness (QED) is 0.631. The molecule has 25 heavy (non-hydrogen) atoms. The van der Waals surface area contributed by atoms with E-state index < -0.39 is 0 Å². The van der Waals surface area contributed by atoms with E-state index in [4.69, 9.17) is 0 Å². The Labute approximate surface area is 160 Å². The molecule has 1 heterocycles. The summed E-state index contributed by atoms with van der Waals surface area (Å²) in [6.45, 7) is 6.35. The van der Waals surface area contributed by atoms with Gasteiger partial charge in [0.2, 0.25) is 11.8 Å². The minimum Gasteiger partial charge on any atom is -0.355 e. The van der Waals surface area contributed by atoms with Crippen LogP contribution in [0.15, 0.2) is 29.2 Å². The molecule has 1 aliphatic heterocycles. The number of anilines is 1. The highest BCUT2D eigenvalue weighted by Crippen LogP contribution is 2.25. The van der Waals surface area contributed by atoms with E-state index in [0.29, 0.717) is 5.92 Å². The molecule has 0 aliphatic carbocycles. The molecule has 0 bridgehead atoms. The number of hydrogen-bond donors (Lipinski definition) is 3. The molecule has 1 aromatic rings. The molecule has 1 aliphatic rings. The van der Waals surface area contributed by atoms with Crippen molar-refractivity contribution in [2.24, 2.45) is 5.92 Å². The Balaban J connectivity index is 0.00000312. The predicted molar refractivity (Wildman–Crippen MR) is 107 cm³/mol. The van der Waals surface area contributed by atoms with Gasteiger partial charge in [0.05, 0.1) is 5.25 Å². The highest BCUT2D eigenvalue weighted by atomic mass is 35.5. The van der Waals surface area contributed by atoms with Crippen LogP contribution in [0.3, 0.4) is 0 Å². The number of thioether (sulfide) groups is 1. The van der Waals surface area contributed by atoms with Crippen molar-refractivity contribution in [3.63, 3.8) is 0 Å². The molecular weight excluding hydrogens is 358 g/mol. The van der Waals surface area contributed by atoms with Gasteiger partial charge < -0.3 is 16.0 Å². The first-order valence-corrected chi connectivity index (χ1v) is 9.45. The van der Waals surface area contributed by atoms with Crippen molar-refractivity contribution >= 4 is 41.7 Å². The maximum absolute atomic E-state index is 12.2. The van der Waals surface area contributed by atoms with Crippen LogP contribution in [-0.4, -0.2) is 36.7 Å². The van der Waals surface area contributed by atoms with Gasteiger partial charge in [-0.15, -0.1) is 24.2 Å². The molecule has 1 fully saturated rings. The number of nitrogens with one attached hydrogen (secondary N) is 3. The fourth-order valence-corrected chi connectivity index (χ4v) is 3.68.